The first kappa shape index (κ1) is 16.9. The second kappa shape index (κ2) is 7.02. The Balaban J connectivity index is 3.20. The van der Waals surface area contributed by atoms with Gasteiger partial charge in [-0.15, -0.1) is 0 Å². The van der Waals surface area contributed by atoms with E-state index in [0.717, 1.165) is 0 Å². The SMILES string of the molecule is CCOc1ccc(Br)cc1S(=O)(=O)NC(CO)C(=O)O. The molecule has 0 aromatic heterocycles. The Kier molecular flexibility index (Phi) is 5.93. The summed E-state index contributed by atoms with van der Waals surface area (Å²) in [7, 11) is -4.14. The van der Waals surface area contributed by atoms with Crippen molar-refractivity contribution >= 4 is 31.9 Å². The number of aliphatic hydroxyl groups excluding tert-OH is 1. The molecule has 0 saturated carbocycles. The van der Waals surface area contributed by atoms with E-state index in [-0.39, 0.29) is 17.3 Å². The number of hydrogen-bond acceptors (Lipinski definition) is 5. The molecular formula is C11H14BrNO6S. The van der Waals surface area contributed by atoms with Gasteiger partial charge in [-0.05, 0) is 25.1 Å². The topological polar surface area (TPSA) is 113 Å². The van der Waals surface area contributed by atoms with Crippen molar-refractivity contribution in [3.8, 4) is 5.75 Å². The first-order valence-electron chi connectivity index (χ1n) is 5.60. The number of aliphatic carboxylic acids is 1. The molecule has 0 spiro atoms. The van der Waals surface area contributed by atoms with Crippen molar-refractivity contribution in [3.05, 3.63) is 22.7 Å². The number of carbonyl (C=O) groups is 1. The van der Waals surface area contributed by atoms with Crippen LogP contribution in [0.3, 0.4) is 0 Å². The fourth-order valence-corrected chi connectivity index (χ4v) is 3.25. The van der Waals surface area contributed by atoms with Crippen LogP contribution in [0.2, 0.25) is 0 Å². The zero-order valence-electron chi connectivity index (χ0n) is 10.5. The van der Waals surface area contributed by atoms with Gasteiger partial charge in [0.15, 0.2) is 0 Å². The van der Waals surface area contributed by atoms with E-state index < -0.39 is 28.6 Å². The molecule has 0 saturated heterocycles. The highest BCUT2D eigenvalue weighted by atomic mass is 79.9. The molecule has 0 aliphatic rings. The van der Waals surface area contributed by atoms with Crippen molar-refractivity contribution in [3.63, 3.8) is 0 Å². The van der Waals surface area contributed by atoms with Crippen LogP contribution in [0.25, 0.3) is 0 Å². The number of benzene rings is 1. The lowest BCUT2D eigenvalue weighted by molar-refractivity contribution is -0.139. The Morgan fingerprint density at radius 3 is 2.65 bits per heavy atom. The van der Waals surface area contributed by atoms with Gasteiger partial charge in [-0.3, -0.25) is 4.79 Å². The molecule has 0 fully saturated rings. The van der Waals surface area contributed by atoms with E-state index in [1.165, 1.54) is 12.1 Å². The Hall–Kier alpha value is -1.16. The number of nitrogens with one attached hydrogen (secondary N) is 1. The molecule has 0 bridgehead atoms. The number of halogens is 1. The number of aliphatic hydroxyl groups is 1. The Morgan fingerprint density at radius 1 is 1.50 bits per heavy atom. The molecular weight excluding hydrogens is 354 g/mol. The Bertz CT molecular complexity index is 589. The number of carboxylic acid groups (broad SMARTS) is 1. The van der Waals surface area contributed by atoms with Crippen LogP contribution in [0.1, 0.15) is 6.92 Å². The lowest BCUT2D eigenvalue weighted by Gasteiger charge is -2.15. The second-order valence-corrected chi connectivity index (χ2v) is 6.32. The van der Waals surface area contributed by atoms with Crippen molar-refractivity contribution in [2.45, 2.75) is 17.9 Å². The predicted molar refractivity (Wildman–Crippen MR) is 74.1 cm³/mol. The van der Waals surface area contributed by atoms with E-state index in [1.54, 1.807) is 13.0 Å². The van der Waals surface area contributed by atoms with Crippen LogP contribution < -0.4 is 9.46 Å². The van der Waals surface area contributed by atoms with E-state index in [9.17, 15) is 13.2 Å². The molecule has 1 aromatic rings. The second-order valence-electron chi connectivity index (χ2n) is 3.72. The van der Waals surface area contributed by atoms with Gasteiger partial charge < -0.3 is 14.9 Å². The third-order valence-electron chi connectivity index (χ3n) is 2.27. The molecule has 9 heteroatoms. The minimum atomic E-state index is -4.14. The first-order chi connectivity index (χ1) is 9.31. The van der Waals surface area contributed by atoms with Crippen molar-refractivity contribution in [2.75, 3.05) is 13.2 Å². The molecule has 20 heavy (non-hydrogen) atoms. The van der Waals surface area contributed by atoms with Crippen LogP contribution in [0, 0.1) is 0 Å². The van der Waals surface area contributed by atoms with E-state index >= 15 is 0 Å². The van der Waals surface area contributed by atoms with Crippen molar-refractivity contribution < 1.29 is 28.2 Å². The van der Waals surface area contributed by atoms with Crippen LogP contribution in [0.5, 0.6) is 5.75 Å². The van der Waals surface area contributed by atoms with Crippen LogP contribution in [-0.2, 0) is 14.8 Å². The summed E-state index contributed by atoms with van der Waals surface area (Å²) >= 11 is 3.14. The van der Waals surface area contributed by atoms with Crippen LogP contribution >= 0.6 is 15.9 Å². The largest absolute Gasteiger partial charge is 0.492 e. The third-order valence-corrected chi connectivity index (χ3v) is 4.26. The third kappa shape index (κ3) is 4.17. The highest BCUT2D eigenvalue weighted by Gasteiger charge is 2.27. The summed E-state index contributed by atoms with van der Waals surface area (Å²) in [5.74, 6) is -1.37. The standard InChI is InChI=1S/C11H14BrNO6S/c1-2-19-9-4-3-7(12)5-10(9)20(17,18)13-8(6-14)11(15)16/h3-5,8,13-14H,2,6H2,1H3,(H,15,16). The summed E-state index contributed by atoms with van der Waals surface area (Å²) in [4.78, 5) is 10.6. The van der Waals surface area contributed by atoms with E-state index in [2.05, 4.69) is 15.9 Å². The lowest BCUT2D eigenvalue weighted by atomic mass is 10.3. The van der Waals surface area contributed by atoms with Gasteiger partial charge in [0.1, 0.15) is 16.7 Å². The molecule has 1 rings (SSSR count). The zero-order chi connectivity index (χ0) is 15.3. The maximum absolute atomic E-state index is 12.2. The van der Waals surface area contributed by atoms with Crippen molar-refractivity contribution in [1.82, 2.24) is 4.72 Å². The minimum Gasteiger partial charge on any atom is -0.492 e. The smallest absolute Gasteiger partial charge is 0.324 e. The molecule has 7 nitrogen and oxygen atoms in total. The quantitative estimate of drug-likeness (QED) is 0.649. The number of carboxylic acids is 1. The van der Waals surface area contributed by atoms with Gasteiger partial charge in [-0.2, -0.15) is 4.72 Å². The Labute approximate surface area is 124 Å². The van der Waals surface area contributed by atoms with Gasteiger partial charge in [-0.25, -0.2) is 8.42 Å². The van der Waals surface area contributed by atoms with Gasteiger partial charge >= 0.3 is 5.97 Å². The summed E-state index contributed by atoms with van der Waals surface area (Å²) in [5.41, 5.74) is 0. The zero-order valence-corrected chi connectivity index (χ0v) is 12.9. The van der Waals surface area contributed by atoms with Crippen molar-refractivity contribution in [1.29, 1.82) is 0 Å². The van der Waals surface area contributed by atoms with Crippen LogP contribution in [0.4, 0.5) is 0 Å². The summed E-state index contributed by atoms with van der Waals surface area (Å²) in [6.07, 6.45) is 0. The Morgan fingerprint density at radius 2 is 2.15 bits per heavy atom. The normalized spacial score (nSPS) is 12.9. The van der Waals surface area contributed by atoms with Crippen LogP contribution in [-0.4, -0.2) is 43.9 Å². The first-order valence-corrected chi connectivity index (χ1v) is 7.87. The molecule has 0 heterocycles. The molecule has 0 aliphatic heterocycles. The van der Waals surface area contributed by atoms with Gasteiger partial charge in [0.05, 0.1) is 13.2 Å². The molecule has 0 amide bonds. The molecule has 1 aromatic carbocycles. The maximum atomic E-state index is 12.2. The van der Waals surface area contributed by atoms with E-state index in [4.69, 9.17) is 14.9 Å². The monoisotopic (exact) mass is 367 g/mol. The fourth-order valence-electron chi connectivity index (χ4n) is 1.38. The number of sulfonamides is 1. The average molecular weight is 368 g/mol. The molecule has 1 atom stereocenters. The number of hydrogen-bond donors (Lipinski definition) is 3. The average Bonchev–Trinajstić information content (AvgIpc) is 2.38. The minimum absolute atomic E-state index is 0.102. The molecule has 112 valence electrons. The van der Waals surface area contributed by atoms with Gasteiger partial charge in [0.25, 0.3) is 0 Å². The molecule has 0 aliphatic carbocycles. The number of rotatable bonds is 7. The van der Waals surface area contributed by atoms with Gasteiger partial charge in [0, 0.05) is 4.47 Å². The lowest BCUT2D eigenvalue weighted by Crippen LogP contribution is -2.43. The highest BCUT2D eigenvalue weighted by molar-refractivity contribution is 9.10. The predicted octanol–water partition coefficient (Wildman–Crippen LogP) is 0.572. The summed E-state index contributed by atoms with van der Waals surface area (Å²) in [6.45, 7) is 1.10. The summed E-state index contributed by atoms with van der Waals surface area (Å²) < 4.78 is 31.9. The summed E-state index contributed by atoms with van der Waals surface area (Å²) in [6, 6.07) is 2.74. The van der Waals surface area contributed by atoms with Crippen molar-refractivity contribution in [2.24, 2.45) is 0 Å². The highest BCUT2D eigenvalue weighted by Crippen LogP contribution is 2.27. The van der Waals surface area contributed by atoms with E-state index in [1.807, 2.05) is 4.72 Å². The van der Waals surface area contributed by atoms with Gasteiger partial charge in [0.2, 0.25) is 10.0 Å². The number of ether oxygens (including phenoxy) is 1. The van der Waals surface area contributed by atoms with E-state index in [0.29, 0.717) is 4.47 Å². The molecule has 3 N–H and O–H groups in total. The van der Waals surface area contributed by atoms with Crippen LogP contribution in [0.15, 0.2) is 27.6 Å². The fraction of sp³-hybridized carbons (Fsp3) is 0.364. The maximum Gasteiger partial charge on any atom is 0.324 e. The summed E-state index contributed by atoms with van der Waals surface area (Å²) in [5, 5.41) is 17.7. The molecule has 1 unspecified atom stereocenters. The molecule has 0 radical (unpaired) electrons. The van der Waals surface area contributed by atoms with Gasteiger partial charge in [-0.1, -0.05) is 15.9 Å².